The first-order valence-electron chi connectivity index (χ1n) is 9.24. The van der Waals surface area contributed by atoms with Gasteiger partial charge in [0, 0.05) is 56.2 Å². The van der Waals surface area contributed by atoms with Crippen LogP contribution in [0.1, 0.15) is 16.1 Å². The number of piperazine rings is 1. The molecule has 3 heterocycles. The molecule has 0 unspecified atom stereocenters. The van der Waals surface area contributed by atoms with Crippen molar-refractivity contribution in [2.24, 2.45) is 0 Å². The van der Waals surface area contributed by atoms with Gasteiger partial charge in [-0.05, 0) is 42.3 Å². The summed E-state index contributed by atoms with van der Waals surface area (Å²) < 4.78 is 5.68. The second-order valence-corrected chi connectivity index (χ2v) is 7.29. The van der Waals surface area contributed by atoms with Crippen LogP contribution in [-0.4, -0.2) is 53.4 Å². The van der Waals surface area contributed by atoms with Crippen molar-refractivity contribution in [3.05, 3.63) is 75.4 Å². The molecule has 1 aliphatic heterocycles. The maximum Gasteiger partial charge on any atom is 0.289 e. The molecule has 1 amide bonds. The van der Waals surface area contributed by atoms with Crippen LogP contribution in [0.25, 0.3) is 11.0 Å². The van der Waals surface area contributed by atoms with E-state index in [2.05, 4.69) is 9.88 Å². The SMILES string of the molecule is O=C(c1cc(=O)c2cc(Cl)ccc2o1)N1CCN(CCc2ccncc2)CC1. The summed E-state index contributed by atoms with van der Waals surface area (Å²) in [5.74, 6) is -0.173. The van der Waals surface area contributed by atoms with E-state index in [1.807, 2.05) is 12.1 Å². The Morgan fingerprint density at radius 2 is 1.82 bits per heavy atom. The molecule has 1 aliphatic rings. The number of aromatic nitrogens is 1. The molecule has 144 valence electrons. The van der Waals surface area contributed by atoms with E-state index in [9.17, 15) is 9.59 Å². The van der Waals surface area contributed by atoms with Gasteiger partial charge in [0.05, 0.1) is 5.39 Å². The number of carbonyl (C=O) groups is 1. The molecule has 1 aromatic carbocycles. The number of fused-ring (bicyclic) bond motifs is 1. The highest BCUT2D eigenvalue weighted by Gasteiger charge is 2.24. The molecular formula is C21H20ClN3O3. The number of carbonyl (C=O) groups excluding carboxylic acids is 1. The van der Waals surface area contributed by atoms with Gasteiger partial charge < -0.3 is 9.32 Å². The maximum absolute atomic E-state index is 12.8. The van der Waals surface area contributed by atoms with Crippen molar-refractivity contribution >= 4 is 28.5 Å². The third kappa shape index (κ3) is 4.08. The molecule has 0 spiro atoms. The van der Waals surface area contributed by atoms with E-state index in [0.29, 0.717) is 29.1 Å². The van der Waals surface area contributed by atoms with Gasteiger partial charge in [0.2, 0.25) is 0 Å². The Morgan fingerprint density at radius 3 is 2.57 bits per heavy atom. The number of benzene rings is 1. The lowest BCUT2D eigenvalue weighted by Crippen LogP contribution is -2.49. The highest BCUT2D eigenvalue weighted by atomic mass is 35.5. The summed E-state index contributed by atoms with van der Waals surface area (Å²) in [4.78, 5) is 33.2. The van der Waals surface area contributed by atoms with Crippen molar-refractivity contribution in [1.29, 1.82) is 0 Å². The minimum Gasteiger partial charge on any atom is -0.451 e. The molecule has 6 nitrogen and oxygen atoms in total. The van der Waals surface area contributed by atoms with Crippen LogP contribution in [-0.2, 0) is 6.42 Å². The molecule has 28 heavy (non-hydrogen) atoms. The van der Waals surface area contributed by atoms with E-state index in [1.54, 1.807) is 35.5 Å². The molecule has 1 saturated heterocycles. The summed E-state index contributed by atoms with van der Waals surface area (Å²) in [6, 6.07) is 10.1. The van der Waals surface area contributed by atoms with Crippen LogP contribution in [0.4, 0.5) is 0 Å². The van der Waals surface area contributed by atoms with Crippen molar-refractivity contribution in [1.82, 2.24) is 14.8 Å². The van der Waals surface area contributed by atoms with Crippen molar-refractivity contribution in [3.8, 4) is 0 Å². The summed E-state index contributed by atoms with van der Waals surface area (Å²) in [5.41, 5.74) is 1.37. The fourth-order valence-corrected chi connectivity index (χ4v) is 3.57. The molecule has 0 atom stereocenters. The molecule has 7 heteroatoms. The van der Waals surface area contributed by atoms with E-state index < -0.39 is 0 Å². The molecule has 0 saturated carbocycles. The first-order chi connectivity index (χ1) is 13.6. The average molecular weight is 398 g/mol. The Hall–Kier alpha value is -2.70. The second-order valence-electron chi connectivity index (χ2n) is 6.85. The molecule has 3 aromatic rings. The van der Waals surface area contributed by atoms with Crippen molar-refractivity contribution in [2.75, 3.05) is 32.7 Å². The number of halogens is 1. The van der Waals surface area contributed by atoms with E-state index in [4.69, 9.17) is 16.0 Å². The average Bonchev–Trinajstić information content (AvgIpc) is 2.73. The second kappa shape index (κ2) is 8.12. The minimum absolute atomic E-state index is 0.0741. The zero-order valence-electron chi connectivity index (χ0n) is 15.3. The fourth-order valence-electron chi connectivity index (χ4n) is 3.40. The summed E-state index contributed by atoms with van der Waals surface area (Å²) in [5, 5.41) is 0.840. The van der Waals surface area contributed by atoms with Gasteiger partial charge in [-0.15, -0.1) is 0 Å². The minimum atomic E-state index is -0.261. The summed E-state index contributed by atoms with van der Waals surface area (Å²) in [7, 11) is 0. The van der Waals surface area contributed by atoms with Crippen LogP contribution >= 0.6 is 11.6 Å². The number of nitrogens with zero attached hydrogens (tertiary/aromatic N) is 3. The van der Waals surface area contributed by atoms with E-state index in [-0.39, 0.29) is 17.1 Å². The number of hydrogen-bond donors (Lipinski definition) is 0. The van der Waals surface area contributed by atoms with Gasteiger partial charge >= 0.3 is 0 Å². The Morgan fingerprint density at radius 1 is 1.07 bits per heavy atom. The lowest BCUT2D eigenvalue weighted by molar-refractivity contribution is 0.0608. The zero-order chi connectivity index (χ0) is 19.5. The van der Waals surface area contributed by atoms with Gasteiger partial charge in [-0.25, -0.2) is 0 Å². The van der Waals surface area contributed by atoms with Crippen LogP contribution in [0.5, 0.6) is 0 Å². The molecule has 4 rings (SSSR count). The first kappa shape index (κ1) is 18.7. The van der Waals surface area contributed by atoms with Gasteiger partial charge in [-0.2, -0.15) is 0 Å². The monoisotopic (exact) mass is 397 g/mol. The van der Waals surface area contributed by atoms with Crippen molar-refractivity contribution in [2.45, 2.75) is 6.42 Å². The Labute approximate surface area is 167 Å². The number of pyridine rings is 1. The van der Waals surface area contributed by atoms with Gasteiger partial charge in [0.25, 0.3) is 5.91 Å². The topological polar surface area (TPSA) is 66.7 Å². The van der Waals surface area contributed by atoms with Crippen LogP contribution in [0.2, 0.25) is 5.02 Å². The zero-order valence-corrected chi connectivity index (χ0v) is 16.1. The quantitative estimate of drug-likeness (QED) is 0.677. The third-order valence-electron chi connectivity index (χ3n) is 5.03. The summed E-state index contributed by atoms with van der Waals surface area (Å²) in [6.45, 7) is 3.75. The predicted octanol–water partition coefficient (Wildman–Crippen LogP) is 2.84. The predicted molar refractivity (Wildman–Crippen MR) is 108 cm³/mol. The molecule has 2 aromatic heterocycles. The normalized spacial score (nSPS) is 15.1. The van der Waals surface area contributed by atoms with Crippen molar-refractivity contribution < 1.29 is 9.21 Å². The number of amides is 1. The molecule has 0 aliphatic carbocycles. The standard InChI is InChI=1S/C21H20ClN3O3/c22-16-1-2-19-17(13-16)18(26)14-20(28-19)21(27)25-11-9-24(10-12-25)8-5-15-3-6-23-7-4-15/h1-4,6-7,13-14H,5,8-12H2. The summed E-state index contributed by atoms with van der Waals surface area (Å²) >= 11 is 5.93. The smallest absolute Gasteiger partial charge is 0.289 e. The van der Waals surface area contributed by atoms with E-state index >= 15 is 0 Å². The molecule has 0 bridgehead atoms. The van der Waals surface area contributed by atoms with Crippen LogP contribution < -0.4 is 5.43 Å². The van der Waals surface area contributed by atoms with Crippen LogP contribution in [0.15, 0.2) is 58.0 Å². The Balaban J connectivity index is 1.39. The van der Waals surface area contributed by atoms with Crippen LogP contribution in [0, 0.1) is 0 Å². The fraction of sp³-hybridized carbons (Fsp3) is 0.286. The Bertz CT molecular complexity index is 1040. The Kier molecular flexibility index (Phi) is 5.41. The largest absolute Gasteiger partial charge is 0.451 e. The van der Waals surface area contributed by atoms with E-state index in [1.165, 1.54) is 11.6 Å². The van der Waals surface area contributed by atoms with E-state index in [0.717, 1.165) is 26.1 Å². The van der Waals surface area contributed by atoms with Gasteiger partial charge in [0.15, 0.2) is 11.2 Å². The maximum atomic E-state index is 12.8. The van der Waals surface area contributed by atoms with Gasteiger partial charge in [-0.1, -0.05) is 11.6 Å². The summed E-state index contributed by atoms with van der Waals surface area (Å²) in [6.07, 6.45) is 4.56. The van der Waals surface area contributed by atoms with Crippen molar-refractivity contribution in [3.63, 3.8) is 0 Å². The number of hydrogen-bond acceptors (Lipinski definition) is 5. The highest BCUT2D eigenvalue weighted by Crippen LogP contribution is 2.19. The van der Waals surface area contributed by atoms with Crippen LogP contribution in [0.3, 0.4) is 0 Å². The third-order valence-corrected chi connectivity index (χ3v) is 5.26. The first-order valence-corrected chi connectivity index (χ1v) is 9.62. The molecule has 1 fully saturated rings. The lowest BCUT2D eigenvalue weighted by Gasteiger charge is -2.34. The lowest BCUT2D eigenvalue weighted by atomic mass is 10.2. The molecule has 0 radical (unpaired) electrons. The van der Waals surface area contributed by atoms with Gasteiger partial charge in [-0.3, -0.25) is 19.5 Å². The van der Waals surface area contributed by atoms with Gasteiger partial charge in [0.1, 0.15) is 5.58 Å². The highest BCUT2D eigenvalue weighted by molar-refractivity contribution is 6.31. The number of rotatable bonds is 4. The molecular weight excluding hydrogens is 378 g/mol. The molecule has 0 N–H and O–H groups in total.